The molecule has 0 rings (SSSR count). The van der Waals surface area contributed by atoms with E-state index in [0.717, 1.165) is 12.8 Å². The fraction of sp³-hybridized carbons (Fsp3) is 0.846. The Hall–Kier alpha value is -1.06. The molecule has 0 aliphatic heterocycles. The number of carbonyl (C=O) groups excluding carboxylic acids is 1. The second-order valence-electron chi connectivity index (χ2n) is 5.49. The maximum atomic E-state index is 12.2. The molecule has 0 radical (unpaired) electrons. The van der Waals surface area contributed by atoms with E-state index >= 15 is 0 Å². The van der Waals surface area contributed by atoms with E-state index in [0.29, 0.717) is 0 Å². The lowest BCUT2D eigenvalue weighted by Gasteiger charge is -2.37. The van der Waals surface area contributed by atoms with Crippen molar-refractivity contribution in [2.45, 2.75) is 59.4 Å². The van der Waals surface area contributed by atoms with Crippen LogP contribution >= 0.6 is 0 Å². The largest absolute Gasteiger partial charge is 0.481 e. The smallest absolute Gasteiger partial charge is 0.305 e. The molecule has 0 heterocycles. The van der Waals surface area contributed by atoms with Crippen molar-refractivity contribution in [2.75, 3.05) is 6.54 Å². The van der Waals surface area contributed by atoms with Gasteiger partial charge in [0.15, 0.2) is 0 Å². The van der Waals surface area contributed by atoms with Gasteiger partial charge in [0.05, 0.1) is 6.42 Å². The summed E-state index contributed by atoms with van der Waals surface area (Å²) in [6.45, 7) is 10.0. The summed E-state index contributed by atoms with van der Waals surface area (Å²) in [5.41, 5.74) is -0.325. The Morgan fingerprint density at radius 2 is 1.82 bits per heavy atom. The molecule has 0 aliphatic carbocycles. The van der Waals surface area contributed by atoms with E-state index in [4.69, 9.17) is 5.11 Å². The number of rotatable bonds is 6. The first kappa shape index (κ1) is 15.9. The Labute approximate surface area is 104 Å². The number of carboxylic acid groups (broad SMARTS) is 1. The zero-order valence-electron chi connectivity index (χ0n) is 11.6. The van der Waals surface area contributed by atoms with Crippen LogP contribution in [0, 0.1) is 5.92 Å². The molecular weight excluding hydrogens is 218 g/mol. The highest BCUT2D eigenvalue weighted by Crippen LogP contribution is 2.19. The van der Waals surface area contributed by atoms with Gasteiger partial charge in [0.2, 0.25) is 5.91 Å². The fourth-order valence-electron chi connectivity index (χ4n) is 1.81. The zero-order valence-corrected chi connectivity index (χ0v) is 11.6. The van der Waals surface area contributed by atoms with Crippen LogP contribution in [0.1, 0.15) is 53.9 Å². The van der Waals surface area contributed by atoms with Crippen LogP contribution in [0.5, 0.6) is 0 Å². The Balaban J connectivity index is 4.68. The van der Waals surface area contributed by atoms with Crippen LogP contribution in [-0.2, 0) is 9.59 Å². The van der Waals surface area contributed by atoms with Crippen molar-refractivity contribution in [1.82, 2.24) is 4.90 Å². The fourth-order valence-corrected chi connectivity index (χ4v) is 1.81. The summed E-state index contributed by atoms with van der Waals surface area (Å²) in [4.78, 5) is 24.5. The number of nitrogens with zero attached hydrogens (tertiary/aromatic N) is 1. The minimum atomic E-state index is -0.866. The molecule has 0 aromatic rings. The number of carboxylic acids is 1. The Kier molecular flexibility index (Phi) is 6.21. The number of aliphatic carboxylic acids is 1. The summed E-state index contributed by atoms with van der Waals surface area (Å²) >= 11 is 0. The van der Waals surface area contributed by atoms with Gasteiger partial charge < -0.3 is 10.0 Å². The molecule has 100 valence electrons. The monoisotopic (exact) mass is 243 g/mol. The lowest BCUT2D eigenvalue weighted by atomic mass is 9.99. The van der Waals surface area contributed by atoms with Crippen LogP contribution in [-0.4, -0.2) is 34.0 Å². The molecule has 0 aromatic carbocycles. The van der Waals surface area contributed by atoms with Crippen LogP contribution in [0.4, 0.5) is 0 Å². The summed E-state index contributed by atoms with van der Waals surface area (Å²) in [6.07, 6.45) is 1.81. The van der Waals surface area contributed by atoms with Gasteiger partial charge in [0.25, 0.3) is 0 Å². The minimum Gasteiger partial charge on any atom is -0.481 e. The molecule has 0 saturated carbocycles. The van der Waals surface area contributed by atoms with Crippen molar-refractivity contribution in [2.24, 2.45) is 5.92 Å². The first-order valence-corrected chi connectivity index (χ1v) is 6.23. The second-order valence-corrected chi connectivity index (χ2v) is 5.49. The molecule has 4 heteroatoms. The molecule has 17 heavy (non-hydrogen) atoms. The van der Waals surface area contributed by atoms with E-state index in [1.54, 1.807) is 4.90 Å². The van der Waals surface area contributed by atoms with Crippen molar-refractivity contribution in [3.05, 3.63) is 0 Å². The van der Waals surface area contributed by atoms with Crippen LogP contribution in [0.25, 0.3) is 0 Å². The highest BCUT2D eigenvalue weighted by atomic mass is 16.4. The Morgan fingerprint density at radius 3 is 2.18 bits per heavy atom. The lowest BCUT2D eigenvalue weighted by molar-refractivity contribution is -0.143. The lowest BCUT2D eigenvalue weighted by Crippen LogP contribution is -2.48. The van der Waals surface area contributed by atoms with E-state index < -0.39 is 5.97 Å². The molecule has 0 aromatic heterocycles. The molecule has 0 saturated heterocycles. The van der Waals surface area contributed by atoms with E-state index in [1.807, 2.05) is 34.6 Å². The van der Waals surface area contributed by atoms with Crippen LogP contribution in [0.2, 0.25) is 0 Å². The third-order valence-electron chi connectivity index (χ3n) is 2.77. The highest BCUT2D eigenvalue weighted by molar-refractivity contribution is 5.79. The first-order valence-electron chi connectivity index (χ1n) is 6.23. The maximum Gasteiger partial charge on any atom is 0.305 e. The minimum absolute atomic E-state index is 0.00184. The first-order chi connectivity index (χ1) is 7.70. The van der Waals surface area contributed by atoms with E-state index in [-0.39, 0.29) is 30.3 Å². The average Bonchev–Trinajstić information content (AvgIpc) is 2.15. The molecule has 1 unspecified atom stereocenters. The van der Waals surface area contributed by atoms with E-state index in [9.17, 15) is 9.59 Å². The molecule has 1 amide bonds. The molecule has 0 fully saturated rings. The van der Waals surface area contributed by atoms with Gasteiger partial charge in [-0.3, -0.25) is 9.59 Å². The van der Waals surface area contributed by atoms with Gasteiger partial charge in [-0.05, 0) is 27.2 Å². The number of hydrogen-bond donors (Lipinski definition) is 1. The van der Waals surface area contributed by atoms with Crippen LogP contribution in [0.15, 0.2) is 0 Å². The van der Waals surface area contributed by atoms with Crippen LogP contribution in [0.3, 0.4) is 0 Å². The third kappa shape index (κ3) is 5.71. The van der Waals surface area contributed by atoms with Crippen LogP contribution < -0.4 is 0 Å². The van der Waals surface area contributed by atoms with E-state index in [1.165, 1.54) is 0 Å². The maximum absolute atomic E-state index is 12.2. The average molecular weight is 243 g/mol. The standard InChI is InChI=1S/C13H25NO3/c1-6-7-10(2)12(17)14(13(3,4)5)9-8-11(15)16/h10H,6-9H2,1-5H3,(H,15,16). The van der Waals surface area contributed by atoms with Gasteiger partial charge >= 0.3 is 5.97 Å². The summed E-state index contributed by atoms with van der Waals surface area (Å²) in [5, 5.41) is 8.71. The highest BCUT2D eigenvalue weighted by Gasteiger charge is 2.29. The molecule has 1 N–H and O–H groups in total. The number of carbonyl (C=O) groups is 2. The van der Waals surface area contributed by atoms with Crippen molar-refractivity contribution in [3.8, 4) is 0 Å². The molecule has 0 bridgehead atoms. The van der Waals surface area contributed by atoms with Gasteiger partial charge in [-0.25, -0.2) is 0 Å². The SMILES string of the molecule is CCCC(C)C(=O)N(CCC(=O)O)C(C)(C)C. The van der Waals surface area contributed by atoms with Gasteiger partial charge in [0.1, 0.15) is 0 Å². The van der Waals surface area contributed by atoms with Crippen molar-refractivity contribution in [1.29, 1.82) is 0 Å². The normalized spacial score (nSPS) is 13.2. The molecular formula is C13H25NO3. The Bertz CT molecular complexity index is 268. The summed E-state index contributed by atoms with van der Waals surface area (Å²) < 4.78 is 0. The summed E-state index contributed by atoms with van der Waals surface area (Å²) in [7, 11) is 0. The van der Waals surface area contributed by atoms with Gasteiger partial charge in [0, 0.05) is 18.0 Å². The molecule has 1 atom stereocenters. The third-order valence-corrected chi connectivity index (χ3v) is 2.77. The molecule has 0 aliphatic rings. The zero-order chi connectivity index (χ0) is 13.6. The van der Waals surface area contributed by atoms with Gasteiger partial charge in [-0.1, -0.05) is 20.3 Å². The van der Waals surface area contributed by atoms with Crippen molar-refractivity contribution < 1.29 is 14.7 Å². The topological polar surface area (TPSA) is 57.6 Å². The summed E-state index contributed by atoms with van der Waals surface area (Å²) in [5.74, 6) is -0.844. The predicted molar refractivity (Wildman–Crippen MR) is 67.8 cm³/mol. The van der Waals surface area contributed by atoms with E-state index in [2.05, 4.69) is 0 Å². The quantitative estimate of drug-likeness (QED) is 0.780. The number of hydrogen-bond acceptors (Lipinski definition) is 2. The van der Waals surface area contributed by atoms with Crippen molar-refractivity contribution in [3.63, 3.8) is 0 Å². The molecule has 4 nitrogen and oxygen atoms in total. The Morgan fingerprint density at radius 1 is 1.29 bits per heavy atom. The molecule has 0 spiro atoms. The van der Waals surface area contributed by atoms with Crippen molar-refractivity contribution >= 4 is 11.9 Å². The van der Waals surface area contributed by atoms with Gasteiger partial charge in [-0.2, -0.15) is 0 Å². The summed E-state index contributed by atoms with van der Waals surface area (Å²) in [6, 6.07) is 0. The number of amides is 1. The predicted octanol–water partition coefficient (Wildman–Crippen LogP) is 2.52. The van der Waals surface area contributed by atoms with Gasteiger partial charge in [-0.15, -0.1) is 0 Å². The second kappa shape index (κ2) is 6.62.